The minimum atomic E-state index is -3.67. The molecule has 0 unspecified atom stereocenters. The fourth-order valence-corrected chi connectivity index (χ4v) is 2.31. The second kappa shape index (κ2) is 4.37. The molecule has 1 amide bonds. The number of hydrogen-bond acceptors (Lipinski definition) is 1. The van der Waals surface area contributed by atoms with Gasteiger partial charge in [-0.2, -0.15) is 8.78 Å². The van der Waals surface area contributed by atoms with E-state index in [1.807, 2.05) is 0 Å². The molecule has 1 aliphatic rings. The molecule has 0 spiro atoms. The molecule has 2 aromatic carbocycles. The van der Waals surface area contributed by atoms with Crippen molar-refractivity contribution in [2.45, 2.75) is 12.5 Å². The van der Waals surface area contributed by atoms with Crippen LogP contribution >= 0.6 is 0 Å². The van der Waals surface area contributed by atoms with E-state index in [-0.39, 0.29) is 12.2 Å². The molecule has 0 aliphatic carbocycles. The number of rotatable bonds is 2. The molecule has 2 aromatic rings. The lowest BCUT2D eigenvalue weighted by Crippen LogP contribution is -2.34. The maximum atomic E-state index is 13.9. The van der Waals surface area contributed by atoms with Gasteiger partial charge in [0.25, 0.3) is 0 Å². The molecule has 0 aromatic heterocycles. The molecule has 3 rings (SSSR count). The smallest absolute Gasteiger partial charge is 0.302 e. The molecule has 0 atom stereocenters. The van der Waals surface area contributed by atoms with Crippen LogP contribution in [0.5, 0.6) is 0 Å². The zero-order valence-corrected chi connectivity index (χ0v) is 10.3. The number of carbonyl (C=O) groups excluding carboxylic acids is 1. The summed E-state index contributed by atoms with van der Waals surface area (Å²) in [6.45, 7) is 0.0356. The second-order valence-corrected chi connectivity index (χ2v) is 4.61. The fourth-order valence-electron chi connectivity index (χ4n) is 2.31. The summed E-state index contributed by atoms with van der Waals surface area (Å²) in [6.07, 6.45) is 0. The van der Waals surface area contributed by atoms with Crippen molar-refractivity contribution < 1.29 is 18.0 Å². The number of anilines is 1. The van der Waals surface area contributed by atoms with Crippen LogP contribution in [0.1, 0.15) is 11.1 Å². The Labute approximate surface area is 113 Å². The van der Waals surface area contributed by atoms with Crippen LogP contribution in [0.15, 0.2) is 48.5 Å². The lowest BCUT2D eigenvalue weighted by Gasteiger charge is -2.17. The van der Waals surface area contributed by atoms with Crippen LogP contribution in [0.3, 0.4) is 0 Å². The molecule has 102 valence electrons. The Bertz CT molecular complexity index is 670. The number of halogens is 3. The first-order valence-corrected chi connectivity index (χ1v) is 6.04. The van der Waals surface area contributed by atoms with Gasteiger partial charge in [0.1, 0.15) is 5.82 Å². The Hall–Kier alpha value is -2.30. The number of benzene rings is 2. The third kappa shape index (κ3) is 1.86. The van der Waals surface area contributed by atoms with Crippen LogP contribution in [-0.2, 0) is 17.3 Å². The predicted molar refractivity (Wildman–Crippen MR) is 67.9 cm³/mol. The Morgan fingerprint density at radius 1 is 1.05 bits per heavy atom. The average molecular weight is 277 g/mol. The summed E-state index contributed by atoms with van der Waals surface area (Å²) in [7, 11) is 0. The Kier molecular flexibility index (Phi) is 2.78. The van der Waals surface area contributed by atoms with Crippen LogP contribution in [0.4, 0.5) is 18.9 Å². The van der Waals surface area contributed by atoms with Crippen molar-refractivity contribution in [2.75, 3.05) is 4.90 Å². The molecule has 20 heavy (non-hydrogen) atoms. The first-order valence-electron chi connectivity index (χ1n) is 6.04. The largest absolute Gasteiger partial charge is 0.352 e. The molecule has 0 saturated carbocycles. The first-order chi connectivity index (χ1) is 9.50. The van der Waals surface area contributed by atoms with Gasteiger partial charge < -0.3 is 4.90 Å². The topological polar surface area (TPSA) is 20.3 Å². The average Bonchev–Trinajstić information content (AvgIpc) is 2.62. The number of nitrogens with zero attached hydrogens (tertiary/aromatic N) is 1. The Morgan fingerprint density at radius 2 is 1.75 bits per heavy atom. The van der Waals surface area contributed by atoms with Gasteiger partial charge in [0, 0.05) is 0 Å². The van der Waals surface area contributed by atoms with E-state index < -0.39 is 23.2 Å². The van der Waals surface area contributed by atoms with Crippen molar-refractivity contribution >= 4 is 11.6 Å². The number of fused-ring (bicyclic) bond motifs is 1. The van der Waals surface area contributed by atoms with Gasteiger partial charge in [-0.05, 0) is 23.8 Å². The summed E-state index contributed by atoms with van der Waals surface area (Å²) in [6, 6.07) is 11.8. The van der Waals surface area contributed by atoms with Gasteiger partial charge in [-0.25, -0.2) is 4.39 Å². The summed E-state index contributed by atoms with van der Waals surface area (Å²) in [5, 5.41) is 0. The standard InChI is InChI=1S/C15H10F3NO/c16-11-6-7-13-12(8-11)15(17,18)14(20)19(13)9-10-4-2-1-3-5-10/h1-8H,9H2. The second-order valence-electron chi connectivity index (χ2n) is 4.61. The molecule has 1 heterocycles. The van der Waals surface area contributed by atoms with E-state index in [1.54, 1.807) is 30.3 Å². The van der Waals surface area contributed by atoms with Crippen LogP contribution in [0.25, 0.3) is 0 Å². The zero-order valence-electron chi connectivity index (χ0n) is 10.3. The van der Waals surface area contributed by atoms with E-state index >= 15 is 0 Å². The van der Waals surface area contributed by atoms with Gasteiger partial charge in [0.05, 0.1) is 17.8 Å². The fraction of sp³-hybridized carbons (Fsp3) is 0.133. The lowest BCUT2D eigenvalue weighted by molar-refractivity contribution is -0.141. The highest BCUT2D eigenvalue weighted by Crippen LogP contribution is 2.44. The molecule has 0 fully saturated rings. The van der Waals surface area contributed by atoms with Gasteiger partial charge in [-0.3, -0.25) is 4.79 Å². The van der Waals surface area contributed by atoms with Gasteiger partial charge in [0.15, 0.2) is 0 Å². The number of hydrogen-bond donors (Lipinski definition) is 0. The summed E-state index contributed by atoms with van der Waals surface area (Å²) >= 11 is 0. The highest BCUT2D eigenvalue weighted by Gasteiger charge is 2.52. The van der Waals surface area contributed by atoms with Crippen LogP contribution in [0, 0.1) is 5.82 Å². The predicted octanol–water partition coefficient (Wildman–Crippen LogP) is 3.46. The van der Waals surface area contributed by atoms with Crippen molar-refractivity contribution in [1.29, 1.82) is 0 Å². The minimum Gasteiger partial charge on any atom is -0.302 e. The van der Waals surface area contributed by atoms with Crippen LogP contribution in [-0.4, -0.2) is 5.91 Å². The minimum absolute atomic E-state index is 0.0356. The van der Waals surface area contributed by atoms with E-state index in [0.717, 1.165) is 22.6 Å². The van der Waals surface area contributed by atoms with Gasteiger partial charge in [-0.15, -0.1) is 0 Å². The van der Waals surface area contributed by atoms with Crippen molar-refractivity contribution in [3.8, 4) is 0 Å². The van der Waals surface area contributed by atoms with E-state index in [9.17, 15) is 18.0 Å². The number of amides is 1. The quantitative estimate of drug-likeness (QED) is 0.823. The highest BCUT2D eigenvalue weighted by atomic mass is 19.3. The van der Waals surface area contributed by atoms with E-state index in [2.05, 4.69) is 0 Å². The van der Waals surface area contributed by atoms with Crippen molar-refractivity contribution in [1.82, 2.24) is 0 Å². The summed E-state index contributed by atoms with van der Waals surface area (Å²) < 4.78 is 40.9. The van der Waals surface area contributed by atoms with Crippen molar-refractivity contribution in [3.63, 3.8) is 0 Å². The summed E-state index contributed by atoms with van der Waals surface area (Å²) in [5.74, 6) is -5.77. The third-order valence-electron chi connectivity index (χ3n) is 3.28. The summed E-state index contributed by atoms with van der Waals surface area (Å²) in [4.78, 5) is 12.8. The molecular formula is C15H10F3NO. The Balaban J connectivity index is 2.04. The molecule has 0 N–H and O–H groups in total. The SMILES string of the molecule is O=C1N(Cc2ccccc2)c2ccc(F)cc2C1(F)F. The van der Waals surface area contributed by atoms with Crippen molar-refractivity contribution in [3.05, 3.63) is 65.5 Å². The number of carbonyl (C=O) groups is 1. The van der Waals surface area contributed by atoms with Crippen molar-refractivity contribution in [2.24, 2.45) is 0 Å². The maximum Gasteiger partial charge on any atom is 0.352 e. The highest BCUT2D eigenvalue weighted by molar-refractivity contribution is 6.05. The molecule has 5 heteroatoms. The number of alkyl halides is 2. The zero-order chi connectivity index (χ0) is 14.3. The van der Waals surface area contributed by atoms with Gasteiger partial charge in [0.2, 0.25) is 0 Å². The van der Waals surface area contributed by atoms with E-state index in [0.29, 0.717) is 0 Å². The summed E-state index contributed by atoms with van der Waals surface area (Å²) in [5.41, 5.74) is 0.220. The van der Waals surface area contributed by atoms with Crippen LogP contribution in [0.2, 0.25) is 0 Å². The molecule has 0 radical (unpaired) electrons. The normalized spacial score (nSPS) is 16.4. The molecular weight excluding hydrogens is 267 g/mol. The molecule has 1 aliphatic heterocycles. The lowest BCUT2D eigenvalue weighted by atomic mass is 10.1. The maximum absolute atomic E-state index is 13.9. The van der Waals surface area contributed by atoms with Gasteiger partial charge >= 0.3 is 11.8 Å². The van der Waals surface area contributed by atoms with Crippen LogP contribution < -0.4 is 4.90 Å². The Morgan fingerprint density at radius 3 is 2.45 bits per heavy atom. The molecule has 0 bridgehead atoms. The monoisotopic (exact) mass is 277 g/mol. The van der Waals surface area contributed by atoms with E-state index in [1.165, 1.54) is 6.07 Å². The molecule has 0 saturated heterocycles. The third-order valence-corrected chi connectivity index (χ3v) is 3.28. The molecule has 2 nitrogen and oxygen atoms in total. The first kappa shape index (κ1) is 12.7. The van der Waals surface area contributed by atoms with E-state index in [4.69, 9.17) is 0 Å². The van der Waals surface area contributed by atoms with Gasteiger partial charge in [-0.1, -0.05) is 30.3 Å².